The van der Waals surface area contributed by atoms with Gasteiger partial charge in [0.15, 0.2) is 0 Å². The molecule has 2 aromatic rings. The van der Waals surface area contributed by atoms with Crippen molar-refractivity contribution in [1.29, 1.82) is 0 Å². The molecule has 0 bridgehead atoms. The number of hydrogen-bond donors (Lipinski definition) is 1. The van der Waals surface area contributed by atoms with E-state index in [1.54, 1.807) is 4.90 Å². The van der Waals surface area contributed by atoms with Crippen molar-refractivity contribution in [3.05, 3.63) is 71.8 Å². The first-order valence-corrected chi connectivity index (χ1v) is 9.96. The lowest BCUT2D eigenvalue weighted by Crippen LogP contribution is -2.41. The number of ether oxygens (including phenoxy) is 1. The van der Waals surface area contributed by atoms with Crippen LogP contribution in [0.25, 0.3) is 0 Å². The van der Waals surface area contributed by atoms with Crippen molar-refractivity contribution in [2.45, 2.75) is 25.2 Å². The minimum atomic E-state index is -0.0681. The Balaban J connectivity index is 1.47. The number of morpholine rings is 1. The maximum atomic E-state index is 12.2. The molecule has 1 heterocycles. The van der Waals surface area contributed by atoms with Gasteiger partial charge in [-0.05, 0) is 17.5 Å². The summed E-state index contributed by atoms with van der Waals surface area (Å²) in [6.45, 7) is 2.99. The molecular weight excluding hydrogens is 352 g/mol. The van der Waals surface area contributed by atoms with E-state index in [0.717, 1.165) is 6.42 Å². The second-order valence-corrected chi connectivity index (χ2v) is 7.01. The summed E-state index contributed by atoms with van der Waals surface area (Å²) in [4.78, 5) is 26.1. The van der Waals surface area contributed by atoms with Crippen LogP contribution in [0.1, 0.15) is 36.3 Å². The molecule has 0 unspecified atom stereocenters. The Bertz CT molecular complexity index is 703. The average molecular weight is 380 g/mol. The number of hydrogen-bond acceptors (Lipinski definition) is 3. The maximum Gasteiger partial charge on any atom is 0.223 e. The van der Waals surface area contributed by atoms with Crippen molar-refractivity contribution in [3.8, 4) is 0 Å². The van der Waals surface area contributed by atoms with E-state index < -0.39 is 0 Å². The van der Waals surface area contributed by atoms with E-state index in [1.165, 1.54) is 11.1 Å². The maximum absolute atomic E-state index is 12.2. The number of rotatable bonds is 8. The fourth-order valence-corrected chi connectivity index (χ4v) is 3.53. The summed E-state index contributed by atoms with van der Waals surface area (Å²) < 4.78 is 5.25. The van der Waals surface area contributed by atoms with E-state index in [9.17, 15) is 9.59 Å². The van der Waals surface area contributed by atoms with Crippen LogP contribution in [0.2, 0.25) is 0 Å². The quantitative estimate of drug-likeness (QED) is 0.766. The van der Waals surface area contributed by atoms with Gasteiger partial charge in [-0.25, -0.2) is 0 Å². The van der Waals surface area contributed by atoms with Gasteiger partial charge in [0.1, 0.15) is 0 Å². The van der Waals surface area contributed by atoms with Crippen LogP contribution in [0.3, 0.4) is 0 Å². The zero-order chi connectivity index (χ0) is 19.6. The van der Waals surface area contributed by atoms with Gasteiger partial charge in [0.05, 0.1) is 13.2 Å². The van der Waals surface area contributed by atoms with Gasteiger partial charge in [-0.3, -0.25) is 9.59 Å². The lowest BCUT2D eigenvalue weighted by molar-refractivity contribution is -0.137. The van der Waals surface area contributed by atoms with Gasteiger partial charge in [0.2, 0.25) is 11.8 Å². The molecular formula is C23H28N2O3. The molecule has 3 rings (SSSR count). The van der Waals surface area contributed by atoms with Crippen LogP contribution in [-0.4, -0.2) is 49.6 Å². The predicted octanol–water partition coefficient (Wildman–Crippen LogP) is 2.96. The smallest absolute Gasteiger partial charge is 0.223 e. The Labute approximate surface area is 166 Å². The monoisotopic (exact) mass is 380 g/mol. The number of benzene rings is 2. The predicted molar refractivity (Wildman–Crippen MR) is 109 cm³/mol. The fourth-order valence-electron chi connectivity index (χ4n) is 3.53. The van der Waals surface area contributed by atoms with E-state index in [0.29, 0.717) is 32.8 Å². The minimum Gasteiger partial charge on any atom is -0.378 e. The first-order valence-electron chi connectivity index (χ1n) is 9.96. The largest absolute Gasteiger partial charge is 0.378 e. The molecule has 1 N–H and O–H groups in total. The average Bonchev–Trinajstić information content (AvgIpc) is 2.77. The van der Waals surface area contributed by atoms with Gasteiger partial charge in [-0.15, -0.1) is 0 Å². The Kier molecular flexibility index (Phi) is 7.62. The van der Waals surface area contributed by atoms with Crippen LogP contribution in [0.5, 0.6) is 0 Å². The third-order valence-electron chi connectivity index (χ3n) is 5.09. The minimum absolute atomic E-state index is 0.0323. The molecule has 0 saturated carbocycles. The second kappa shape index (κ2) is 10.6. The van der Waals surface area contributed by atoms with Crippen molar-refractivity contribution in [2.24, 2.45) is 0 Å². The first kappa shape index (κ1) is 20.1. The Hall–Kier alpha value is -2.66. The van der Waals surface area contributed by atoms with Crippen LogP contribution in [0.15, 0.2) is 60.7 Å². The molecule has 1 fully saturated rings. The summed E-state index contributed by atoms with van der Waals surface area (Å²) >= 11 is 0. The van der Waals surface area contributed by atoms with Crippen molar-refractivity contribution in [1.82, 2.24) is 10.2 Å². The number of carbonyl (C=O) groups is 2. The Morgan fingerprint density at radius 1 is 0.893 bits per heavy atom. The van der Waals surface area contributed by atoms with E-state index in [1.807, 2.05) is 36.4 Å². The molecule has 0 atom stereocenters. The van der Waals surface area contributed by atoms with Gasteiger partial charge in [-0.2, -0.15) is 0 Å². The van der Waals surface area contributed by atoms with Gasteiger partial charge in [-0.1, -0.05) is 60.7 Å². The first-order chi connectivity index (χ1) is 13.7. The molecule has 148 valence electrons. The van der Waals surface area contributed by atoms with Crippen molar-refractivity contribution in [2.75, 3.05) is 32.8 Å². The van der Waals surface area contributed by atoms with Crippen LogP contribution in [0.4, 0.5) is 0 Å². The number of amides is 2. The van der Waals surface area contributed by atoms with Crippen LogP contribution in [0, 0.1) is 0 Å². The topological polar surface area (TPSA) is 58.6 Å². The Morgan fingerprint density at radius 2 is 1.46 bits per heavy atom. The third-order valence-corrected chi connectivity index (χ3v) is 5.09. The molecule has 28 heavy (non-hydrogen) atoms. The van der Waals surface area contributed by atoms with Gasteiger partial charge >= 0.3 is 0 Å². The zero-order valence-electron chi connectivity index (χ0n) is 16.2. The summed E-state index contributed by atoms with van der Waals surface area (Å²) in [5, 5.41) is 2.98. The van der Waals surface area contributed by atoms with Crippen molar-refractivity contribution >= 4 is 11.8 Å². The summed E-state index contributed by atoms with van der Waals surface area (Å²) in [7, 11) is 0. The van der Waals surface area contributed by atoms with E-state index in [-0.39, 0.29) is 30.6 Å². The van der Waals surface area contributed by atoms with Crippen molar-refractivity contribution < 1.29 is 14.3 Å². The summed E-state index contributed by atoms with van der Waals surface area (Å²) in [5.74, 6) is 0.198. The van der Waals surface area contributed by atoms with Crippen molar-refractivity contribution in [3.63, 3.8) is 0 Å². The molecule has 1 saturated heterocycles. The SMILES string of the molecule is O=C(CCC(=O)N1CCOCC1)NCCC(c1ccccc1)c1ccccc1. The van der Waals surface area contributed by atoms with Crippen LogP contribution >= 0.6 is 0 Å². The number of nitrogens with zero attached hydrogens (tertiary/aromatic N) is 1. The van der Waals surface area contributed by atoms with E-state index in [4.69, 9.17) is 4.74 Å². The highest BCUT2D eigenvalue weighted by atomic mass is 16.5. The molecule has 5 heteroatoms. The van der Waals surface area contributed by atoms with E-state index in [2.05, 4.69) is 29.6 Å². The molecule has 1 aliphatic rings. The van der Waals surface area contributed by atoms with Crippen LogP contribution < -0.4 is 5.32 Å². The molecule has 0 aliphatic carbocycles. The second-order valence-electron chi connectivity index (χ2n) is 7.01. The molecule has 2 amide bonds. The standard InChI is InChI=1S/C23H28N2O3/c26-22(11-12-23(27)25-15-17-28-18-16-25)24-14-13-21(19-7-3-1-4-8-19)20-9-5-2-6-10-20/h1-10,21H,11-18H2,(H,24,26). The van der Waals surface area contributed by atoms with Gasteiger partial charge < -0.3 is 15.0 Å². The lowest BCUT2D eigenvalue weighted by atomic mass is 9.88. The lowest BCUT2D eigenvalue weighted by Gasteiger charge is -2.26. The Morgan fingerprint density at radius 3 is 2.04 bits per heavy atom. The summed E-state index contributed by atoms with van der Waals surface area (Å²) in [5.41, 5.74) is 2.48. The summed E-state index contributed by atoms with van der Waals surface area (Å²) in [6.07, 6.45) is 1.31. The summed E-state index contributed by atoms with van der Waals surface area (Å²) in [6, 6.07) is 20.7. The molecule has 0 spiro atoms. The number of carbonyl (C=O) groups excluding carboxylic acids is 2. The van der Waals surface area contributed by atoms with Gasteiger partial charge in [0.25, 0.3) is 0 Å². The fraction of sp³-hybridized carbons (Fsp3) is 0.391. The molecule has 0 radical (unpaired) electrons. The highest BCUT2D eigenvalue weighted by Crippen LogP contribution is 2.27. The highest BCUT2D eigenvalue weighted by molar-refractivity contribution is 5.83. The molecule has 5 nitrogen and oxygen atoms in total. The molecule has 1 aliphatic heterocycles. The van der Waals surface area contributed by atoms with E-state index >= 15 is 0 Å². The molecule has 0 aromatic heterocycles. The zero-order valence-corrected chi connectivity index (χ0v) is 16.2. The number of nitrogens with one attached hydrogen (secondary N) is 1. The van der Waals surface area contributed by atoms with Crippen LogP contribution in [-0.2, 0) is 14.3 Å². The van der Waals surface area contributed by atoms with Gasteiger partial charge in [0, 0.05) is 38.4 Å². The highest BCUT2D eigenvalue weighted by Gasteiger charge is 2.18. The molecule has 2 aromatic carbocycles. The normalized spacial score (nSPS) is 14.1. The third kappa shape index (κ3) is 5.92.